The molecule has 2 heterocycles. The number of amides is 3. The molecule has 1 N–H and O–H groups in total. The van der Waals surface area contributed by atoms with Gasteiger partial charge in [0.25, 0.3) is 5.91 Å². The third-order valence-electron chi connectivity index (χ3n) is 8.38. The van der Waals surface area contributed by atoms with E-state index in [1.807, 2.05) is 6.07 Å². The molecular formula is C27H40N4O2. The maximum absolute atomic E-state index is 13.3. The Morgan fingerprint density at radius 1 is 1.03 bits per heavy atom. The van der Waals surface area contributed by atoms with E-state index in [2.05, 4.69) is 72.3 Å². The van der Waals surface area contributed by atoms with Crippen LogP contribution in [0.2, 0.25) is 0 Å². The second kappa shape index (κ2) is 9.98. The van der Waals surface area contributed by atoms with Crippen LogP contribution in [0.1, 0.15) is 58.4 Å². The van der Waals surface area contributed by atoms with Crippen LogP contribution in [0.15, 0.2) is 36.4 Å². The second-order valence-electron chi connectivity index (χ2n) is 10.7. The predicted octanol–water partition coefficient (Wildman–Crippen LogP) is 4.19. The average molecular weight is 453 g/mol. The van der Waals surface area contributed by atoms with Crippen LogP contribution in [0.5, 0.6) is 0 Å². The minimum atomic E-state index is -0.665. The fourth-order valence-corrected chi connectivity index (χ4v) is 5.54. The molecule has 0 radical (unpaired) electrons. The van der Waals surface area contributed by atoms with Gasteiger partial charge < -0.3 is 5.32 Å². The molecule has 1 aromatic rings. The molecular weight excluding hydrogens is 412 g/mol. The number of rotatable bonds is 7. The van der Waals surface area contributed by atoms with Gasteiger partial charge in [0.05, 0.1) is 6.67 Å². The van der Waals surface area contributed by atoms with Gasteiger partial charge in [-0.25, -0.2) is 9.69 Å². The number of urea groups is 1. The number of hydrogen-bond donors (Lipinski definition) is 1. The lowest BCUT2D eigenvalue weighted by Crippen LogP contribution is -2.53. The molecule has 0 atom stereocenters. The smallest absolute Gasteiger partial charge is 0.323 e. The summed E-state index contributed by atoms with van der Waals surface area (Å²) in [6, 6.07) is 10.1. The largest absolute Gasteiger partial charge is 0.326 e. The van der Waals surface area contributed by atoms with Crippen LogP contribution in [0, 0.1) is 11.3 Å². The highest BCUT2D eigenvalue weighted by molar-refractivity contribution is 6.07. The Bertz CT molecular complexity index is 850. The fraction of sp³-hybridized carbons (Fsp3) is 0.630. The number of carbonyl (C=O) groups excluding carboxylic acids is 2. The normalized spacial score (nSPS) is 27.6. The minimum absolute atomic E-state index is 0.00604. The van der Waals surface area contributed by atoms with Gasteiger partial charge in [-0.15, -0.1) is 0 Å². The zero-order chi connectivity index (χ0) is 23.5. The molecule has 0 unspecified atom stereocenters. The quantitative estimate of drug-likeness (QED) is 0.630. The molecule has 1 saturated carbocycles. The van der Waals surface area contributed by atoms with Gasteiger partial charge in [0, 0.05) is 32.7 Å². The SMILES string of the molecule is CCC(C)(C)C1CCC2(CC1)NC(=O)N(CN1CCN(C/C=C/c3ccccc3)CC1)C2=O. The van der Waals surface area contributed by atoms with Crippen LogP contribution in [-0.4, -0.2) is 71.6 Å². The summed E-state index contributed by atoms with van der Waals surface area (Å²) in [5.41, 5.74) is 0.848. The molecule has 3 amide bonds. The van der Waals surface area contributed by atoms with Crippen molar-refractivity contribution in [3.05, 3.63) is 42.0 Å². The highest BCUT2D eigenvalue weighted by Crippen LogP contribution is 2.45. The number of carbonyl (C=O) groups is 2. The van der Waals surface area contributed by atoms with Gasteiger partial charge in [-0.2, -0.15) is 0 Å². The molecule has 3 aliphatic rings. The van der Waals surface area contributed by atoms with Crippen molar-refractivity contribution in [2.24, 2.45) is 11.3 Å². The van der Waals surface area contributed by atoms with E-state index in [0.29, 0.717) is 18.0 Å². The van der Waals surface area contributed by atoms with Gasteiger partial charge in [0.15, 0.2) is 0 Å². The summed E-state index contributed by atoms with van der Waals surface area (Å²) in [7, 11) is 0. The molecule has 180 valence electrons. The van der Waals surface area contributed by atoms with E-state index in [4.69, 9.17) is 0 Å². The Hall–Kier alpha value is -2.18. The van der Waals surface area contributed by atoms with Crippen molar-refractivity contribution in [3.63, 3.8) is 0 Å². The number of piperazine rings is 1. The number of hydrogen-bond acceptors (Lipinski definition) is 4. The van der Waals surface area contributed by atoms with Crippen molar-refractivity contribution < 1.29 is 9.59 Å². The molecule has 4 rings (SSSR count). The standard InChI is InChI=1S/C27H40N4O2/c1-4-26(2,3)23-12-14-27(15-13-23)24(32)31(25(33)28-27)21-30-19-17-29(18-20-30)16-8-11-22-9-6-5-7-10-22/h5-11,23H,4,12-21H2,1-3H3,(H,28,33)/b11-8+. The van der Waals surface area contributed by atoms with Crippen molar-refractivity contribution >= 4 is 18.0 Å². The highest BCUT2D eigenvalue weighted by Gasteiger charge is 2.53. The highest BCUT2D eigenvalue weighted by atomic mass is 16.2. The van der Waals surface area contributed by atoms with Crippen LogP contribution in [-0.2, 0) is 4.79 Å². The summed E-state index contributed by atoms with van der Waals surface area (Å²) >= 11 is 0. The summed E-state index contributed by atoms with van der Waals surface area (Å²) in [6.45, 7) is 11.9. The maximum atomic E-state index is 13.3. The van der Waals surface area contributed by atoms with Crippen molar-refractivity contribution in [1.29, 1.82) is 0 Å². The Morgan fingerprint density at radius 2 is 1.67 bits per heavy atom. The van der Waals surface area contributed by atoms with Gasteiger partial charge in [-0.1, -0.05) is 69.7 Å². The minimum Gasteiger partial charge on any atom is -0.323 e. The summed E-state index contributed by atoms with van der Waals surface area (Å²) in [4.78, 5) is 32.2. The molecule has 1 aliphatic carbocycles. The number of nitrogens with one attached hydrogen (secondary N) is 1. The lowest BCUT2D eigenvalue weighted by atomic mass is 9.65. The number of nitrogens with zero attached hydrogens (tertiary/aromatic N) is 3. The van der Waals surface area contributed by atoms with Crippen LogP contribution < -0.4 is 5.32 Å². The first-order valence-corrected chi connectivity index (χ1v) is 12.6. The van der Waals surface area contributed by atoms with E-state index in [0.717, 1.165) is 64.8 Å². The molecule has 6 heteroatoms. The zero-order valence-electron chi connectivity index (χ0n) is 20.6. The van der Waals surface area contributed by atoms with Crippen molar-refractivity contribution in [1.82, 2.24) is 20.0 Å². The Morgan fingerprint density at radius 3 is 2.30 bits per heavy atom. The Kier molecular flexibility index (Phi) is 7.25. The summed E-state index contributed by atoms with van der Waals surface area (Å²) in [6.07, 6.45) is 9.07. The summed E-state index contributed by atoms with van der Waals surface area (Å²) < 4.78 is 0. The van der Waals surface area contributed by atoms with E-state index in [-0.39, 0.29) is 11.9 Å². The van der Waals surface area contributed by atoms with Gasteiger partial charge >= 0.3 is 6.03 Å². The fourth-order valence-electron chi connectivity index (χ4n) is 5.54. The first-order valence-electron chi connectivity index (χ1n) is 12.6. The third kappa shape index (κ3) is 5.33. The van der Waals surface area contributed by atoms with Crippen LogP contribution >= 0.6 is 0 Å². The van der Waals surface area contributed by atoms with Gasteiger partial charge in [0.2, 0.25) is 0 Å². The topological polar surface area (TPSA) is 55.9 Å². The predicted molar refractivity (Wildman–Crippen MR) is 132 cm³/mol. The van der Waals surface area contributed by atoms with Crippen LogP contribution in [0.4, 0.5) is 4.79 Å². The lowest BCUT2D eigenvalue weighted by Gasteiger charge is -2.42. The van der Waals surface area contributed by atoms with Crippen LogP contribution in [0.25, 0.3) is 6.08 Å². The van der Waals surface area contributed by atoms with E-state index in [9.17, 15) is 9.59 Å². The Labute approximate surface area is 199 Å². The van der Waals surface area contributed by atoms with Gasteiger partial charge in [-0.05, 0) is 42.6 Å². The van der Waals surface area contributed by atoms with Crippen molar-refractivity contribution in [2.75, 3.05) is 39.4 Å². The molecule has 2 aliphatic heterocycles. The third-order valence-corrected chi connectivity index (χ3v) is 8.38. The molecule has 0 aromatic heterocycles. The molecule has 1 aromatic carbocycles. The van der Waals surface area contributed by atoms with E-state index in [1.165, 1.54) is 10.5 Å². The molecule has 6 nitrogen and oxygen atoms in total. The first-order chi connectivity index (χ1) is 15.8. The number of imide groups is 1. The lowest BCUT2D eigenvalue weighted by molar-refractivity contribution is -0.134. The molecule has 3 fully saturated rings. The molecule has 2 saturated heterocycles. The van der Waals surface area contributed by atoms with E-state index >= 15 is 0 Å². The van der Waals surface area contributed by atoms with Gasteiger partial charge in [-0.3, -0.25) is 14.6 Å². The Balaban J connectivity index is 1.25. The average Bonchev–Trinajstić information content (AvgIpc) is 3.05. The maximum Gasteiger partial charge on any atom is 0.326 e. The number of benzene rings is 1. The van der Waals surface area contributed by atoms with E-state index in [1.54, 1.807) is 0 Å². The van der Waals surface area contributed by atoms with Gasteiger partial charge in [0.1, 0.15) is 5.54 Å². The monoisotopic (exact) mass is 452 g/mol. The second-order valence-corrected chi connectivity index (χ2v) is 10.7. The zero-order valence-corrected chi connectivity index (χ0v) is 20.6. The summed E-state index contributed by atoms with van der Waals surface area (Å²) in [5.74, 6) is 0.615. The molecule has 0 bridgehead atoms. The molecule has 1 spiro atoms. The van der Waals surface area contributed by atoms with Crippen molar-refractivity contribution in [3.8, 4) is 0 Å². The van der Waals surface area contributed by atoms with Crippen molar-refractivity contribution in [2.45, 2.75) is 58.4 Å². The van der Waals surface area contributed by atoms with E-state index < -0.39 is 5.54 Å². The van der Waals surface area contributed by atoms with Crippen LogP contribution in [0.3, 0.4) is 0 Å². The first kappa shape index (κ1) is 24.0. The summed E-state index contributed by atoms with van der Waals surface area (Å²) in [5, 5.41) is 3.09. The molecule has 33 heavy (non-hydrogen) atoms.